The zero-order valence-electron chi connectivity index (χ0n) is 17.3. The van der Waals surface area contributed by atoms with E-state index in [9.17, 15) is 9.18 Å². The lowest BCUT2D eigenvalue weighted by Gasteiger charge is -2.12. The van der Waals surface area contributed by atoms with Gasteiger partial charge < -0.3 is 9.47 Å². The van der Waals surface area contributed by atoms with E-state index in [1.165, 1.54) is 30.1 Å². The van der Waals surface area contributed by atoms with Crippen LogP contribution in [0.1, 0.15) is 11.1 Å². The molecule has 0 saturated carbocycles. The second-order valence-corrected chi connectivity index (χ2v) is 6.94. The molecule has 0 bridgehead atoms. The van der Waals surface area contributed by atoms with Gasteiger partial charge >= 0.3 is 0 Å². The van der Waals surface area contributed by atoms with Crippen LogP contribution in [0.25, 0.3) is 22.3 Å². The fourth-order valence-corrected chi connectivity index (χ4v) is 3.27. The number of halogens is 1. The summed E-state index contributed by atoms with van der Waals surface area (Å²) in [5.74, 6) is 0.998. The van der Waals surface area contributed by atoms with E-state index >= 15 is 0 Å². The highest BCUT2D eigenvalue weighted by Gasteiger charge is 2.15. The van der Waals surface area contributed by atoms with E-state index in [2.05, 4.69) is 10.1 Å². The molecule has 0 aliphatic carbocycles. The Balaban J connectivity index is 1.96. The van der Waals surface area contributed by atoms with Gasteiger partial charge in [-0.05, 0) is 55.0 Å². The third-order valence-corrected chi connectivity index (χ3v) is 4.81. The Kier molecular flexibility index (Phi) is 5.49. The van der Waals surface area contributed by atoms with Crippen molar-refractivity contribution in [3.63, 3.8) is 0 Å². The standard InChI is InChI=1S/C24H20FN3O3/c1-15-7-9-20-19(11-15)24(29)28(26-14-16-5-4-6-18(25)12-16)23(27-20)17-8-10-21(30-2)22(13-17)31-3/h4-14H,1-3H3. The van der Waals surface area contributed by atoms with Crippen LogP contribution in [-0.4, -0.2) is 30.1 Å². The summed E-state index contributed by atoms with van der Waals surface area (Å²) in [6.07, 6.45) is 1.43. The molecule has 4 aromatic rings. The highest BCUT2D eigenvalue weighted by Crippen LogP contribution is 2.31. The van der Waals surface area contributed by atoms with Gasteiger partial charge in [-0.25, -0.2) is 9.37 Å². The van der Waals surface area contributed by atoms with Gasteiger partial charge in [-0.2, -0.15) is 9.78 Å². The van der Waals surface area contributed by atoms with E-state index in [-0.39, 0.29) is 11.4 Å². The normalized spacial score (nSPS) is 11.2. The van der Waals surface area contributed by atoms with Crippen LogP contribution in [0.4, 0.5) is 4.39 Å². The van der Waals surface area contributed by atoms with Crippen LogP contribution in [-0.2, 0) is 0 Å². The average molecular weight is 417 g/mol. The number of nitrogens with zero attached hydrogens (tertiary/aromatic N) is 3. The second-order valence-electron chi connectivity index (χ2n) is 6.94. The van der Waals surface area contributed by atoms with Crippen LogP contribution in [0.2, 0.25) is 0 Å². The summed E-state index contributed by atoms with van der Waals surface area (Å²) in [7, 11) is 3.08. The molecular formula is C24H20FN3O3. The summed E-state index contributed by atoms with van der Waals surface area (Å²) in [4.78, 5) is 18.0. The predicted octanol–water partition coefficient (Wildman–Crippen LogP) is 4.41. The molecule has 31 heavy (non-hydrogen) atoms. The average Bonchev–Trinajstić information content (AvgIpc) is 2.78. The lowest BCUT2D eigenvalue weighted by Crippen LogP contribution is -2.20. The first-order valence-corrected chi connectivity index (χ1v) is 9.56. The van der Waals surface area contributed by atoms with Gasteiger partial charge in [-0.1, -0.05) is 23.8 Å². The van der Waals surface area contributed by atoms with E-state index in [1.807, 2.05) is 13.0 Å². The third-order valence-electron chi connectivity index (χ3n) is 4.81. The summed E-state index contributed by atoms with van der Waals surface area (Å²) < 4.78 is 25.5. The van der Waals surface area contributed by atoms with E-state index in [0.29, 0.717) is 39.4 Å². The number of hydrogen-bond donors (Lipinski definition) is 0. The lowest BCUT2D eigenvalue weighted by molar-refractivity contribution is 0.355. The third kappa shape index (κ3) is 4.02. The van der Waals surface area contributed by atoms with Crippen molar-refractivity contribution in [3.8, 4) is 22.9 Å². The largest absolute Gasteiger partial charge is 0.493 e. The quantitative estimate of drug-likeness (QED) is 0.451. The molecule has 0 radical (unpaired) electrons. The summed E-state index contributed by atoms with van der Waals surface area (Å²) >= 11 is 0. The maximum atomic E-state index is 13.6. The molecule has 0 aliphatic heterocycles. The van der Waals surface area contributed by atoms with Crippen LogP contribution in [0.15, 0.2) is 70.6 Å². The van der Waals surface area contributed by atoms with Crippen molar-refractivity contribution in [3.05, 3.63) is 88.0 Å². The van der Waals surface area contributed by atoms with Gasteiger partial charge in [0.25, 0.3) is 5.56 Å². The Hall–Kier alpha value is -4.00. The number of rotatable bonds is 5. The zero-order valence-corrected chi connectivity index (χ0v) is 17.3. The van der Waals surface area contributed by atoms with Gasteiger partial charge in [0.1, 0.15) is 5.82 Å². The minimum atomic E-state index is -0.385. The Morgan fingerprint density at radius 1 is 1.00 bits per heavy atom. The number of aromatic nitrogens is 2. The van der Waals surface area contributed by atoms with Crippen molar-refractivity contribution in [2.45, 2.75) is 6.92 Å². The fourth-order valence-electron chi connectivity index (χ4n) is 3.27. The number of benzene rings is 3. The van der Waals surface area contributed by atoms with Crippen molar-refractivity contribution < 1.29 is 13.9 Å². The molecule has 0 N–H and O–H groups in total. The molecule has 3 aromatic carbocycles. The number of ether oxygens (including phenoxy) is 2. The van der Waals surface area contributed by atoms with Gasteiger partial charge in [-0.3, -0.25) is 4.79 Å². The molecule has 0 spiro atoms. The van der Waals surface area contributed by atoms with Crippen molar-refractivity contribution >= 4 is 17.1 Å². The Labute approximate surface area is 178 Å². The van der Waals surface area contributed by atoms with Crippen LogP contribution in [0.5, 0.6) is 11.5 Å². The molecule has 1 aromatic heterocycles. The summed E-state index contributed by atoms with van der Waals surface area (Å²) in [5.41, 5.74) is 2.30. The minimum Gasteiger partial charge on any atom is -0.493 e. The smallest absolute Gasteiger partial charge is 0.282 e. The second kappa shape index (κ2) is 8.39. The number of aryl methyl sites for hydroxylation is 1. The number of fused-ring (bicyclic) bond motifs is 1. The summed E-state index contributed by atoms with van der Waals surface area (Å²) in [6.45, 7) is 1.90. The molecular weight excluding hydrogens is 397 g/mol. The highest BCUT2D eigenvalue weighted by atomic mass is 19.1. The van der Waals surface area contributed by atoms with E-state index in [4.69, 9.17) is 9.47 Å². The Bertz CT molecular complexity index is 1360. The minimum absolute atomic E-state index is 0.328. The van der Waals surface area contributed by atoms with Crippen LogP contribution in [0, 0.1) is 12.7 Å². The molecule has 0 amide bonds. The molecule has 0 atom stereocenters. The van der Waals surface area contributed by atoms with Gasteiger partial charge in [0.15, 0.2) is 17.3 Å². The van der Waals surface area contributed by atoms with Gasteiger partial charge in [0.2, 0.25) is 0 Å². The Morgan fingerprint density at radius 2 is 1.81 bits per heavy atom. The number of methoxy groups -OCH3 is 2. The van der Waals surface area contributed by atoms with Gasteiger partial charge in [0.05, 0.1) is 31.3 Å². The number of hydrogen-bond acceptors (Lipinski definition) is 5. The lowest BCUT2D eigenvalue weighted by atomic mass is 10.1. The van der Waals surface area contributed by atoms with E-state index < -0.39 is 0 Å². The maximum absolute atomic E-state index is 13.6. The van der Waals surface area contributed by atoms with Crippen molar-refractivity contribution in [2.75, 3.05) is 14.2 Å². The van der Waals surface area contributed by atoms with Crippen LogP contribution in [0.3, 0.4) is 0 Å². The molecule has 7 heteroatoms. The first-order valence-electron chi connectivity index (χ1n) is 9.56. The summed E-state index contributed by atoms with van der Waals surface area (Å²) in [5, 5.41) is 4.79. The van der Waals surface area contributed by atoms with Crippen LogP contribution < -0.4 is 15.0 Å². The SMILES string of the molecule is COc1ccc(-c2nc3ccc(C)cc3c(=O)n2N=Cc2cccc(F)c2)cc1OC. The zero-order chi connectivity index (χ0) is 22.0. The van der Waals surface area contributed by atoms with Crippen molar-refractivity contribution in [1.29, 1.82) is 0 Å². The molecule has 4 rings (SSSR count). The summed E-state index contributed by atoms with van der Waals surface area (Å²) in [6, 6.07) is 16.7. The molecule has 0 unspecified atom stereocenters. The first-order chi connectivity index (χ1) is 15.0. The van der Waals surface area contributed by atoms with E-state index in [1.54, 1.807) is 49.6 Å². The van der Waals surface area contributed by atoms with Crippen LogP contribution >= 0.6 is 0 Å². The molecule has 0 fully saturated rings. The molecule has 0 saturated heterocycles. The van der Waals surface area contributed by atoms with Gasteiger partial charge in [-0.15, -0.1) is 0 Å². The predicted molar refractivity (Wildman–Crippen MR) is 119 cm³/mol. The first kappa shape index (κ1) is 20.3. The molecule has 156 valence electrons. The molecule has 0 aliphatic rings. The molecule has 1 heterocycles. The Morgan fingerprint density at radius 3 is 2.55 bits per heavy atom. The van der Waals surface area contributed by atoms with Crippen molar-refractivity contribution in [2.24, 2.45) is 5.10 Å². The topological polar surface area (TPSA) is 65.7 Å². The highest BCUT2D eigenvalue weighted by molar-refractivity contribution is 5.82. The fraction of sp³-hybridized carbons (Fsp3) is 0.125. The van der Waals surface area contributed by atoms with Crippen molar-refractivity contribution in [1.82, 2.24) is 9.66 Å². The monoisotopic (exact) mass is 417 g/mol. The van der Waals surface area contributed by atoms with E-state index in [0.717, 1.165) is 5.56 Å². The molecule has 6 nitrogen and oxygen atoms in total. The van der Waals surface area contributed by atoms with Gasteiger partial charge in [0, 0.05) is 5.56 Å². The maximum Gasteiger partial charge on any atom is 0.282 e.